The number of fused-ring (bicyclic) bond motifs is 1. The highest BCUT2D eigenvalue weighted by Gasteiger charge is 2.37. The largest absolute Gasteiger partial charge is 0.385 e. The zero-order valence-corrected chi connectivity index (χ0v) is 18.1. The van der Waals surface area contributed by atoms with Gasteiger partial charge in [0.25, 0.3) is 11.8 Å². The maximum atomic E-state index is 13.0. The fourth-order valence-corrected chi connectivity index (χ4v) is 3.69. The molecular weight excluding hydrogens is 394 g/mol. The van der Waals surface area contributed by atoms with E-state index in [1.165, 1.54) is 4.90 Å². The van der Waals surface area contributed by atoms with E-state index in [9.17, 15) is 9.59 Å². The normalized spacial score (nSPS) is 13.6. The first-order chi connectivity index (χ1) is 14.9. The lowest BCUT2D eigenvalue weighted by Gasteiger charge is -2.26. The molecule has 2 aromatic rings. The van der Waals surface area contributed by atoms with Gasteiger partial charge in [-0.25, -0.2) is 0 Å². The summed E-state index contributed by atoms with van der Waals surface area (Å²) in [5.41, 5.74) is 10.4. The third-order valence-electron chi connectivity index (χ3n) is 5.30. The molecule has 2 amide bonds. The van der Waals surface area contributed by atoms with Gasteiger partial charge in [0.1, 0.15) is 5.84 Å². The number of hydrogen-bond donors (Lipinski definition) is 4. The molecule has 2 aromatic carbocycles. The van der Waals surface area contributed by atoms with Crippen LogP contribution in [0.1, 0.15) is 46.5 Å². The molecule has 0 aliphatic carbocycles. The van der Waals surface area contributed by atoms with Crippen LogP contribution in [0.3, 0.4) is 0 Å². The Balaban J connectivity index is 1.76. The molecule has 0 saturated heterocycles. The van der Waals surface area contributed by atoms with Crippen LogP contribution in [0.5, 0.6) is 0 Å². The van der Waals surface area contributed by atoms with E-state index in [1.807, 2.05) is 32.0 Å². The van der Waals surface area contributed by atoms with Gasteiger partial charge < -0.3 is 26.0 Å². The van der Waals surface area contributed by atoms with Crippen molar-refractivity contribution >= 4 is 23.3 Å². The molecule has 1 aliphatic rings. The summed E-state index contributed by atoms with van der Waals surface area (Å²) in [6.45, 7) is 7.29. The summed E-state index contributed by atoms with van der Waals surface area (Å²) in [4.78, 5) is 27.4. The Kier molecular flexibility index (Phi) is 6.91. The van der Waals surface area contributed by atoms with Crippen LogP contribution in [-0.4, -0.2) is 41.9 Å². The van der Waals surface area contributed by atoms with E-state index < -0.39 is 6.23 Å². The van der Waals surface area contributed by atoms with Crippen molar-refractivity contribution in [2.24, 2.45) is 5.73 Å². The number of hydrogen-bond acceptors (Lipinski definition) is 5. The van der Waals surface area contributed by atoms with Crippen LogP contribution in [0.2, 0.25) is 0 Å². The van der Waals surface area contributed by atoms with Crippen LogP contribution in [0.15, 0.2) is 36.4 Å². The highest BCUT2D eigenvalue weighted by molar-refractivity contribution is 6.01. The number of carbonyl (C=O) groups is 2. The molecule has 3 rings (SSSR count). The molecule has 0 spiro atoms. The van der Waals surface area contributed by atoms with Gasteiger partial charge >= 0.3 is 0 Å². The van der Waals surface area contributed by atoms with Crippen LogP contribution in [0.25, 0.3) is 0 Å². The molecule has 0 fully saturated rings. The second-order valence-electron chi connectivity index (χ2n) is 7.38. The van der Waals surface area contributed by atoms with Gasteiger partial charge in [0.05, 0.1) is 6.54 Å². The Hall–Kier alpha value is -3.39. The van der Waals surface area contributed by atoms with Crippen molar-refractivity contribution in [1.29, 1.82) is 5.41 Å². The van der Waals surface area contributed by atoms with Gasteiger partial charge in [-0.05, 0) is 49.6 Å². The molecule has 31 heavy (non-hydrogen) atoms. The van der Waals surface area contributed by atoms with Crippen molar-refractivity contribution in [3.63, 3.8) is 0 Å². The Morgan fingerprint density at radius 1 is 1.29 bits per heavy atom. The van der Waals surface area contributed by atoms with Gasteiger partial charge in [0.15, 0.2) is 0 Å². The minimum absolute atomic E-state index is 0.0199. The molecular formula is C23H29N5O3. The minimum Gasteiger partial charge on any atom is -0.385 e. The van der Waals surface area contributed by atoms with Crippen LogP contribution in [0, 0.1) is 12.3 Å². The quantitative estimate of drug-likeness (QED) is 0.364. The minimum atomic E-state index is -1.01. The number of benzene rings is 2. The molecule has 1 aliphatic heterocycles. The zero-order chi connectivity index (χ0) is 22.5. The second kappa shape index (κ2) is 9.61. The lowest BCUT2D eigenvalue weighted by atomic mass is 10.1. The summed E-state index contributed by atoms with van der Waals surface area (Å²) in [6.07, 6.45) is -1.01. The summed E-state index contributed by atoms with van der Waals surface area (Å²) in [5, 5.41) is 13.7. The van der Waals surface area contributed by atoms with Gasteiger partial charge in [-0.2, -0.15) is 0 Å². The van der Waals surface area contributed by atoms with Gasteiger partial charge in [-0.15, -0.1) is 0 Å². The molecule has 0 bridgehead atoms. The molecule has 1 unspecified atom stereocenters. The maximum absolute atomic E-state index is 13.0. The Morgan fingerprint density at radius 3 is 2.71 bits per heavy atom. The molecule has 8 heteroatoms. The van der Waals surface area contributed by atoms with E-state index in [4.69, 9.17) is 15.9 Å². The van der Waals surface area contributed by atoms with Gasteiger partial charge in [-0.3, -0.25) is 15.0 Å². The van der Waals surface area contributed by atoms with Gasteiger partial charge in [0.2, 0.25) is 6.23 Å². The molecule has 1 atom stereocenters. The number of ether oxygens (including phenoxy) is 1. The van der Waals surface area contributed by atoms with E-state index in [-0.39, 0.29) is 24.2 Å². The second-order valence-corrected chi connectivity index (χ2v) is 7.38. The Bertz CT molecular complexity index is 1000. The molecule has 1 heterocycles. The van der Waals surface area contributed by atoms with Crippen LogP contribution in [-0.2, 0) is 22.6 Å². The number of anilines is 1. The summed E-state index contributed by atoms with van der Waals surface area (Å²) >= 11 is 0. The van der Waals surface area contributed by atoms with Gasteiger partial charge in [0, 0.05) is 36.5 Å². The first kappa shape index (κ1) is 22.3. The number of amides is 2. The predicted octanol–water partition coefficient (Wildman–Crippen LogP) is 2.35. The third-order valence-corrected chi connectivity index (χ3v) is 5.30. The van der Waals surface area contributed by atoms with E-state index in [2.05, 4.69) is 10.6 Å². The van der Waals surface area contributed by atoms with Crippen molar-refractivity contribution in [3.8, 4) is 0 Å². The van der Waals surface area contributed by atoms with Crippen molar-refractivity contribution < 1.29 is 14.3 Å². The number of nitrogens with two attached hydrogens (primary N) is 1. The summed E-state index contributed by atoms with van der Waals surface area (Å²) in [7, 11) is 0. The van der Waals surface area contributed by atoms with Crippen molar-refractivity contribution in [1.82, 2.24) is 10.2 Å². The van der Waals surface area contributed by atoms with E-state index >= 15 is 0 Å². The van der Waals surface area contributed by atoms with Crippen molar-refractivity contribution in [2.75, 3.05) is 18.5 Å². The molecule has 0 aromatic heterocycles. The first-order valence-electron chi connectivity index (χ1n) is 10.4. The summed E-state index contributed by atoms with van der Waals surface area (Å²) in [6, 6.07) is 10.9. The lowest BCUT2D eigenvalue weighted by Crippen LogP contribution is -2.48. The van der Waals surface area contributed by atoms with Gasteiger partial charge in [-0.1, -0.05) is 24.3 Å². The number of nitrogen functional groups attached to an aromatic ring is 1. The Labute approximate surface area is 182 Å². The van der Waals surface area contributed by atoms with Crippen LogP contribution in [0.4, 0.5) is 5.69 Å². The SMILES string of the molecule is CCNc1cc(C(=N)N)ccc1CNC(=O)C(OCC)N1Cc2c(C)cccc2C1=O. The third kappa shape index (κ3) is 4.69. The molecule has 8 nitrogen and oxygen atoms in total. The average molecular weight is 424 g/mol. The maximum Gasteiger partial charge on any atom is 0.270 e. The fourth-order valence-electron chi connectivity index (χ4n) is 3.69. The van der Waals surface area contributed by atoms with E-state index in [0.717, 1.165) is 22.4 Å². The lowest BCUT2D eigenvalue weighted by molar-refractivity contribution is -0.143. The highest BCUT2D eigenvalue weighted by Crippen LogP contribution is 2.28. The van der Waals surface area contributed by atoms with Crippen LogP contribution < -0.4 is 16.4 Å². The average Bonchev–Trinajstić information content (AvgIpc) is 3.08. The predicted molar refractivity (Wildman–Crippen MR) is 120 cm³/mol. The standard InChI is InChI=1S/C23H29N5O3/c1-4-26-19-11-15(20(24)25)9-10-16(19)12-27-21(29)23(31-5-2)28-13-18-14(3)7-6-8-17(18)22(28)30/h6-11,23,26H,4-5,12-13H2,1-3H3,(H3,24,25)(H,27,29). The number of rotatable bonds is 9. The number of nitrogens with one attached hydrogen (secondary N) is 3. The topological polar surface area (TPSA) is 121 Å². The zero-order valence-electron chi connectivity index (χ0n) is 18.1. The highest BCUT2D eigenvalue weighted by atomic mass is 16.5. The number of aryl methyl sites for hydroxylation is 1. The van der Waals surface area contributed by atoms with Crippen LogP contribution >= 0.6 is 0 Å². The smallest absolute Gasteiger partial charge is 0.270 e. The van der Waals surface area contributed by atoms with E-state index in [1.54, 1.807) is 25.1 Å². The number of carbonyl (C=O) groups excluding carboxylic acids is 2. The molecule has 164 valence electrons. The summed E-state index contributed by atoms with van der Waals surface area (Å²) < 4.78 is 5.68. The molecule has 5 N–H and O–H groups in total. The summed E-state index contributed by atoms with van der Waals surface area (Å²) in [5.74, 6) is -0.598. The van der Waals surface area contributed by atoms with E-state index in [0.29, 0.717) is 30.8 Å². The van der Waals surface area contributed by atoms with Crippen molar-refractivity contribution in [3.05, 3.63) is 64.2 Å². The molecule has 0 saturated carbocycles. The van der Waals surface area contributed by atoms with Crippen molar-refractivity contribution in [2.45, 2.75) is 40.1 Å². The first-order valence-corrected chi connectivity index (χ1v) is 10.4. The molecule has 0 radical (unpaired) electrons. The number of nitrogens with zero attached hydrogens (tertiary/aromatic N) is 1. The Morgan fingerprint density at radius 2 is 2.06 bits per heavy atom. The number of amidine groups is 1. The fraction of sp³-hybridized carbons (Fsp3) is 0.348. The monoisotopic (exact) mass is 423 g/mol.